The minimum Gasteiger partial charge on any atom is -0.492 e. The van der Waals surface area contributed by atoms with Gasteiger partial charge in [-0.2, -0.15) is 10.2 Å². The van der Waals surface area contributed by atoms with Gasteiger partial charge < -0.3 is 18.9 Å². The van der Waals surface area contributed by atoms with Crippen molar-refractivity contribution in [1.82, 2.24) is 9.47 Å². The van der Waals surface area contributed by atoms with E-state index in [0.29, 0.717) is 13.2 Å². The van der Waals surface area contributed by atoms with Gasteiger partial charge in [-0.05, 0) is 72.9 Å². The van der Waals surface area contributed by atoms with Gasteiger partial charge in [0.15, 0.2) is 0 Å². The summed E-state index contributed by atoms with van der Waals surface area (Å²) in [5, 5.41) is 11.3. The minimum atomic E-state index is 0.573. The fraction of sp³-hybridized carbons (Fsp3) is 0.152. The first-order chi connectivity index (χ1) is 19.3. The van der Waals surface area contributed by atoms with Crippen LogP contribution in [0.25, 0.3) is 21.8 Å². The number of ether oxygens (including phenoxy) is 2. The lowest BCUT2D eigenvalue weighted by molar-refractivity contribution is 0.263. The van der Waals surface area contributed by atoms with Crippen LogP contribution in [0.4, 0.5) is 11.4 Å². The first-order valence-electron chi connectivity index (χ1n) is 13.2. The van der Waals surface area contributed by atoms with Crippen LogP contribution in [0.15, 0.2) is 132 Å². The molecule has 4 aromatic carbocycles. The van der Waals surface area contributed by atoms with E-state index in [4.69, 9.17) is 9.47 Å². The number of aromatic nitrogens is 1. The van der Waals surface area contributed by atoms with Gasteiger partial charge in [-0.25, -0.2) is 0 Å². The number of azo groups is 1. The van der Waals surface area contributed by atoms with Gasteiger partial charge in [0.05, 0.1) is 24.5 Å². The van der Waals surface area contributed by atoms with E-state index in [0.717, 1.165) is 42.5 Å². The third kappa shape index (κ3) is 5.85. The molecule has 5 aromatic rings. The fourth-order valence-electron chi connectivity index (χ4n) is 4.79. The summed E-state index contributed by atoms with van der Waals surface area (Å²) in [5.41, 5.74) is 4.00. The summed E-state index contributed by atoms with van der Waals surface area (Å²) >= 11 is 0. The Morgan fingerprint density at radius 3 is 1.67 bits per heavy atom. The first kappa shape index (κ1) is 24.5. The van der Waals surface area contributed by atoms with Gasteiger partial charge in [-0.3, -0.25) is 0 Å². The second kappa shape index (κ2) is 11.7. The number of hydrogen-bond donors (Lipinski definition) is 0. The van der Waals surface area contributed by atoms with Gasteiger partial charge in [0.1, 0.15) is 24.7 Å². The van der Waals surface area contributed by atoms with Crippen molar-refractivity contribution >= 4 is 33.2 Å². The second-order valence-corrected chi connectivity index (χ2v) is 9.34. The van der Waals surface area contributed by atoms with Crippen molar-refractivity contribution in [2.24, 2.45) is 10.2 Å². The van der Waals surface area contributed by atoms with E-state index in [9.17, 15) is 0 Å². The van der Waals surface area contributed by atoms with Gasteiger partial charge >= 0.3 is 0 Å². The maximum atomic E-state index is 6.06. The molecule has 1 aliphatic rings. The summed E-state index contributed by atoms with van der Waals surface area (Å²) < 4.78 is 14.2. The largest absolute Gasteiger partial charge is 0.492 e. The molecule has 6 nitrogen and oxygen atoms in total. The van der Waals surface area contributed by atoms with E-state index < -0.39 is 0 Å². The fourth-order valence-corrected chi connectivity index (χ4v) is 4.79. The van der Waals surface area contributed by atoms with Crippen LogP contribution < -0.4 is 9.47 Å². The molecule has 0 radical (unpaired) electrons. The number of allylic oxidation sites excluding steroid dienone is 2. The van der Waals surface area contributed by atoms with Gasteiger partial charge in [-0.15, -0.1) is 0 Å². The molecule has 0 amide bonds. The molecule has 39 heavy (non-hydrogen) atoms. The molecule has 0 atom stereocenters. The van der Waals surface area contributed by atoms with Crippen LogP contribution in [0.3, 0.4) is 0 Å². The molecule has 2 heterocycles. The van der Waals surface area contributed by atoms with Crippen molar-refractivity contribution in [2.75, 3.05) is 26.3 Å². The van der Waals surface area contributed by atoms with E-state index in [1.54, 1.807) is 0 Å². The number of hydrogen-bond acceptors (Lipinski definition) is 5. The molecule has 1 aliphatic heterocycles. The van der Waals surface area contributed by atoms with Crippen LogP contribution >= 0.6 is 0 Å². The lowest BCUT2D eigenvalue weighted by Crippen LogP contribution is -2.24. The van der Waals surface area contributed by atoms with Crippen LogP contribution in [-0.2, 0) is 6.54 Å². The summed E-state index contributed by atoms with van der Waals surface area (Å²) in [4.78, 5) is 2.21. The molecule has 194 valence electrons. The maximum absolute atomic E-state index is 6.06. The Hall–Kier alpha value is -4.84. The molecule has 0 fully saturated rings. The van der Waals surface area contributed by atoms with Crippen molar-refractivity contribution in [2.45, 2.75) is 6.54 Å². The molecule has 6 heteroatoms. The maximum Gasteiger partial charge on any atom is 0.119 e. The number of fused-ring (bicyclic) bond motifs is 3. The molecule has 0 spiro atoms. The molecule has 1 aromatic heterocycles. The van der Waals surface area contributed by atoms with Crippen molar-refractivity contribution in [1.29, 1.82) is 0 Å². The Morgan fingerprint density at radius 2 is 1.13 bits per heavy atom. The van der Waals surface area contributed by atoms with Gasteiger partial charge in [0.2, 0.25) is 0 Å². The third-order valence-electron chi connectivity index (χ3n) is 6.75. The average Bonchev–Trinajstić information content (AvgIpc) is 3.32. The zero-order chi connectivity index (χ0) is 26.3. The zero-order valence-electron chi connectivity index (χ0n) is 21.7. The molecule has 0 N–H and O–H groups in total. The van der Waals surface area contributed by atoms with E-state index in [2.05, 4.69) is 86.6 Å². The van der Waals surface area contributed by atoms with Crippen molar-refractivity contribution < 1.29 is 9.47 Å². The lowest BCUT2D eigenvalue weighted by Gasteiger charge is -2.20. The van der Waals surface area contributed by atoms with E-state index >= 15 is 0 Å². The Kier molecular flexibility index (Phi) is 7.34. The number of nitrogens with zero attached hydrogens (tertiary/aromatic N) is 4. The van der Waals surface area contributed by atoms with Gasteiger partial charge in [0, 0.05) is 28.4 Å². The van der Waals surface area contributed by atoms with E-state index in [1.807, 2.05) is 54.6 Å². The highest BCUT2D eigenvalue weighted by Gasteiger charge is 2.09. The molecule has 0 unspecified atom stereocenters. The lowest BCUT2D eigenvalue weighted by atomic mass is 10.2. The summed E-state index contributed by atoms with van der Waals surface area (Å²) in [5.74, 6) is 1.64. The Balaban J connectivity index is 1.00. The van der Waals surface area contributed by atoms with E-state index in [1.165, 1.54) is 21.8 Å². The second-order valence-electron chi connectivity index (χ2n) is 9.34. The van der Waals surface area contributed by atoms with Crippen LogP contribution in [0.2, 0.25) is 0 Å². The highest BCUT2D eigenvalue weighted by atomic mass is 16.5. The summed E-state index contributed by atoms with van der Waals surface area (Å²) in [7, 11) is 0. The van der Waals surface area contributed by atoms with E-state index in [-0.39, 0.29) is 0 Å². The van der Waals surface area contributed by atoms with Gasteiger partial charge in [-0.1, -0.05) is 48.6 Å². The van der Waals surface area contributed by atoms with Crippen molar-refractivity contribution in [3.8, 4) is 11.5 Å². The van der Waals surface area contributed by atoms with Crippen molar-refractivity contribution in [3.63, 3.8) is 0 Å². The average molecular weight is 515 g/mol. The van der Waals surface area contributed by atoms with Gasteiger partial charge in [0.25, 0.3) is 0 Å². The Bertz CT molecular complexity index is 1580. The Morgan fingerprint density at radius 1 is 0.590 bits per heavy atom. The van der Waals surface area contributed by atoms with Crippen LogP contribution in [0.1, 0.15) is 0 Å². The smallest absolute Gasteiger partial charge is 0.119 e. The normalized spacial score (nSPS) is 13.1. The predicted molar refractivity (Wildman–Crippen MR) is 157 cm³/mol. The highest BCUT2D eigenvalue weighted by Crippen LogP contribution is 2.29. The van der Waals surface area contributed by atoms with Crippen LogP contribution in [0.5, 0.6) is 11.5 Å². The molecule has 0 bridgehead atoms. The zero-order valence-corrected chi connectivity index (χ0v) is 21.7. The first-order valence-corrected chi connectivity index (χ1v) is 13.2. The molecular weight excluding hydrogens is 484 g/mol. The summed E-state index contributed by atoms with van der Waals surface area (Å²) in [6.07, 6.45) is 8.31. The van der Waals surface area contributed by atoms with Crippen LogP contribution in [-0.4, -0.2) is 35.8 Å². The molecule has 0 saturated carbocycles. The SMILES string of the molecule is C1=CCN(CCOc2ccc(/N=N/c3ccc(OCCn4c5ccccc5c5ccccc54)cc3)cc2)C=C1. The van der Waals surface area contributed by atoms with Crippen molar-refractivity contribution in [3.05, 3.63) is 121 Å². The molecule has 0 saturated heterocycles. The quantitative estimate of drug-likeness (QED) is 0.177. The number of para-hydroxylation sites is 2. The van der Waals surface area contributed by atoms with Crippen LogP contribution in [0, 0.1) is 0 Å². The Labute approximate surface area is 228 Å². The molecule has 6 rings (SSSR count). The third-order valence-corrected chi connectivity index (χ3v) is 6.75. The summed E-state index contributed by atoms with van der Waals surface area (Å²) in [6, 6.07) is 32.4. The number of rotatable bonds is 10. The minimum absolute atomic E-state index is 0.573. The highest BCUT2D eigenvalue weighted by molar-refractivity contribution is 6.07. The molecule has 0 aliphatic carbocycles. The molecular formula is C33H30N4O2. The topological polar surface area (TPSA) is 51.4 Å². The summed E-state index contributed by atoms with van der Waals surface area (Å²) in [6.45, 7) is 3.74. The predicted octanol–water partition coefficient (Wildman–Crippen LogP) is 8.05. The standard InChI is InChI=1S/C33H30N4O2/c1-6-20-36(21-7-1)22-24-38-28-16-12-26(13-17-28)34-35-27-14-18-29(19-15-27)39-25-23-37-32-10-4-2-8-30(32)31-9-3-5-11-33(31)37/h1-20H,21-25H2/b35-34+. The monoisotopic (exact) mass is 514 g/mol. The number of benzene rings is 4.